The van der Waals surface area contributed by atoms with Crippen molar-refractivity contribution in [1.82, 2.24) is 0 Å². The van der Waals surface area contributed by atoms with E-state index in [-0.39, 0.29) is 12.5 Å². The molecule has 2 rings (SSSR count). The first-order valence-electron chi connectivity index (χ1n) is 5.30. The highest BCUT2D eigenvalue weighted by Gasteiger charge is 2.31. The lowest BCUT2D eigenvalue weighted by Crippen LogP contribution is -2.47. The van der Waals surface area contributed by atoms with Gasteiger partial charge in [-0.1, -0.05) is 0 Å². The van der Waals surface area contributed by atoms with E-state index < -0.39 is 6.10 Å². The van der Waals surface area contributed by atoms with Crippen LogP contribution in [0.2, 0.25) is 0 Å². The number of carbonyl (C=O) groups excluding carboxylic acids is 1. The highest BCUT2D eigenvalue weighted by Crippen LogP contribution is 2.35. The molecule has 16 heavy (non-hydrogen) atoms. The molecule has 1 aliphatic rings. The van der Waals surface area contributed by atoms with Crippen LogP contribution < -0.4 is 15.4 Å². The summed E-state index contributed by atoms with van der Waals surface area (Å²) in [6, 6.07) is 3.92. The Morgan fingerprint density at radius 2 is 2.00 bits per heavy atom. The van der Waals surface area contributed by atoms with Crippen molar-refractivity contribution in [2.24, 2.45) is 5.73 Å². The van der Waals surface area contributed by atoms with Gasteiger partial charge in [-0.3, -0.25) is 4.79 Å². The molecule has 1 heterocycles. The van der Waals surface area contributed by atoms with Gasteiger partial charge in [0.15, 0.2) is 6.10 Å². The van der Waals surface area contributed by atoms with E-state index >= 15 is 0 Å². The Labute approximate surface area is 95.0 Å². The number of likely N-dealkylation sites (N-methyl/N-ethyl adjacent to an activating group) is 1. The minimum atomic E-state index is -0.556. The molecular weight excluding hydrogens is 204 g/mol. The topological polar surface area (TPSA) is 55.6 Å². The minimum Gasteiger partial charge on any atom is -0.477 e. The highest BCUT2D eigenvalue weighted by atomic mass is 16.5. The van der Waals surface area contributed by atoms with E-state index in [1.165, 1.54) is 0 Å². The van der Waals surface area contributed by atoms with E-state index in [1.54, 1.807) is 11.9 Å². The number of hydrogen-bond acceptors (Lipinski definition) is 3. The number of nitrogens with two attached hydrogens (primary N) is 1. The van der Waals surface area contributed by atoms with Gasteiger partial charge in [0.25, 0.3) is 5.91 Å². The Hall–Kier alpha value is -1.55. The lowest BCUT2D eigenvalue weighted by molar-refractivity contribution is -0.125. The van der Waals surface area contributed by atoms with E-state index in [9.17, 15) is 4.79 Å². The van der Waals surface area contributed by atoms with Crippen LogP contribution in [0.5, 0.6) is 5.75 Å². The molecule has 0 spiro atoms. The number of anilines is 1. The first kappa shape index (κ1) is 11.0. The summed E-state index contributed by atoms with van der Waals surface area (Å²) >= 11 is 0. The van der Waals surface area contributed by atoms with Gasteiger partial charge in [-0.15, -0.1) is 0 Å². The van der Waals surface area contributed by atoms with Gasteiger partial charge in [-0.2, -0.15) is 0 Å². The lowest BCUT2D eigenvalue weighted by atomic mass is 10.1. The van der Waals surface area contributed by atoms with Crippen LogP contribution in [-0.2, 0) is 4.79 Å². The van der Waals surface area contributed by atoms with Crippen molar-refractivity contribution in [1.29, 1.82) is 0 Å². The summed E-state index contributed by atoms with van der Waals surface area (Å²) in [5, 5.41) is 0. The normalized spacial score (nSPS) is 19.4. The van der Waals surface area contributed by atoms with Crippen LogP contribution in [0.1, 0.15) is 11.1 Å². The van der Waals surface area contributed by atoms with Crippen molar-refractivity contribution < 1.29 is 9.53 Å². The molecule has 1 unspecified atom stereocenters. The molecule has 0 saturated heterocycles. The van der Waals surface area contributed by atoms with Crippen molar-refractivity contribution in [2.75, 3.05) is 18.5 Å². The fourth-order valence-corrected chi connectivity index (χ4v) is 1.82. The van der Waals surface area contributed by atoms with Gasteiger partial charge in [-0.05, 0) is 37.1 Å². The number of carbonyl (C=O) groups is 1. The van der Waals surface area contributed by atoms with E-state index in [0.717, 1.165) is 22.6 Å². The quantitative estimate of drug-likeness (QED) is 0.767. The second kappa shape index (κ2) is 3.79. The summed E-state index contributed by atoms with van der Waals surface area (Å²) < 4.78 is 5.58. The molecule has 1 aromatic rings. The van der Waals surface area contributed by atoms with Crippen LogP contribution in [0.15, 0.2) is 12.1 Å². The number of rotatable bonds is 1. The van der Waals surface area contributed by atoms with Gasteiger partial charge < -0.3 is 15.4 Å². The summed E-state index contributed by atoms with van der Waals surface area (Å²) in [6.45, 7) is 4.24. The Bertz CT molecular complexity index is 443. The number of ether oxygens (including phenoxy) is 1. The maximum atomic E-state index is 11.8. The first-order valence-corrected chi connectivity index (χ1v) is 5.30. The summed E-state index contributed by atoms with van der Waals surface area (Å²) in [4.78, 5) is 13.5. The Morgan fingerprint density at radius 1 is 1.38 bits per heavy atom. The molecule has 4 nitrogen and oxygen atoms in total. The molecule has 4 heteroatoms. The number of benzene rings is 1. The predicted molar refractivity (Wildman–Crippen MR) is 62.8 cm³/mol. The van der Waals surface area contributed by atoms with E-state index in [1.807, 2.05) is 26.0 Å². The fourth-order valence-electron chi connectivity index (χ4n) is 1.82. The average Bonchev–Trinajstić information content (AvgIpc) is 2.26. The molecule has 1 atom stereocenters. The minimum absolute atomic E-state index is 0.0850. The number of nitrogens with zero attached hydrogens (tertiary/aromatic N) is 1. The van der Waals surface area contributed by atoms with E-state index in [0.29, 0.717) is 0 Å². The monoisotopic (exact) mass is 220 g/mol. The molecule has 0 radical (unpaired) electrons. The van der Waals surface area contributed by atoms with Crippen molar-refractivity contribution in [3.63, 3.8) is 0 Å². The average molecular weight is 220 g/mol. The smallest absolute Gasteiger partial charge is 0.269 e. The van der Waals surface area contributed by atoms with Gasteiger partial charge >= 0.3 is 0 Å². The zero-order valence-corrected chi connectivity index (χ0v) is 9.78. The molecule has 0 bridgehead atoms. The van der Waals surface area contributed by atoms with E-state index in [4.69, 9.17) is 10.5 Å². The predicted octanol–water partition coefficient (Wildman–Crippen LogP) is 0.986. The zero-order chi connectivity index (χ0) is 11.9. The Morgan fingerprint density at radius 3 is 2.62 bits per heavy atom. The van der Waals surface area contributed by atoms with Gasteiger partial charge in [0.2, 0.25) is 0 Å². The van der Waals surface area contributed by atoms with Gasteiger partial charge in [0.05, 0.1) is 5.69 Å². The first-order chi connectivity index (χ1) is 7.54. The zero-order valence-electron chi connectivity index (χ0n) is 9.78. The molecule has 1 aliphatic heterocycles. The third kappa shape index (κ3) is 1.55. The standard InChI is InChI=1S/C12H16N2O2/c1-7-4-9-10(5-8(7)2)16-11(6-13)12(15)14(9)3/h4-5,11H,6,13H2,1-3H3. The van der Waals surface area contributed by atoms with Crippen LogP contribution in [-0.4, -0.2) is 25.6 Å². The fraction of sp³-hybridized carbons (Fsp3) is 0.417. The number of amides is 1. The molecule has 86 valence electrons. The molecule has 0 aromatic heterocycles. The molecule has 0 saturated carbocycles. The molecule has 2 N–H and O–H groups in total. The van der Waals surface area contributed by atoms with Gasteiger partial charge in [0.1, 0.15) is 5.75 Å². The summed E-state index contributed by atoms with van der Waals surface area (Å²) in [7, 11) is 1.75. The van der Waals surface area contributed by atoms with Crippen molar-refractivity contribution >= 4 is 11.6 Å². The highest BCUT2D eigenvalue weighted by molar-refractivity contribution is 5.99. The largest absolute Gasteiger partial charge is 0.477 e. The molecule has 1 aromatic carbocycles. The van der Waals surface area contributed by atoms with E-state index in [2.05, 4.69) is 0 Å². The van der Waals surface area contributed by atoms with Crippen molar-refractivity contribution in [3.05, 3.63) is 23.3 Å². The number of aryl methyl sites for hydroxylation is 2. The van der Waals surface area contributed by atoms with Crippen molar-refractivity contribution in [2.45, 2.75) is 20.0 Å². The third-order valence-electron chi connectivity index (χ3n) is 3.03. The summed E-state index contributed by atoms with van der Waals surface area (Å²) in [5.74, 6) is 0.652. The second-order valence-electron chi connectivity index (χ2n) is 4.14. The number of hydrogen-bond donors (Lipinski definition) is 1. The number of fused-ring (bicyclic) bond motifs is 1. The maximum Gasteiger partial charge on any atom is 0.269 e. The van der Waals surface area contributed by atoms with Gasteiger partial charge in [-0.25, -0.2) is 0 Å². The summed E-state index contributed by atoms with van der Waals surface area (Å²) in [5.41, 5.74) is 8.62. The molecule has 0 aliphatic carbocycles. The molecule has 0 fully saturated rings. The van der Waals surface area contributed by atoms with Crippen LogP contribution >= 0.6 is 0 Å². The Balaban J connectivity index is 2.50. The van der Waals surface area contributed by atoms with Crippen LogP contribution in [0.25, 0.3) is 0 Å². The van der Waals surface area contributed by atoms with Crippen LogP contribution in [0.3, 0.4) is 0 Å². The Kier molecular flexibility index (Phi) is 2.59. The maximum absolute atomic E-state index is 11.8. The van der Waals surface area contributed by atoms with Crippen LogP contribution in [0, 0.1) is 13.8 Å². The molecule has 1 amide bonds. The molecular formula is C12H16N2O2. The van der Waals surface area contributed by atoms with Gasteiger partial charge in [0, 0.05) is 13.6 Å². The summed E-state index contributed by atoms with van der Waals surface area (Å²) in [6.07, 6.45) is -0.556. The third-order valence-corrected chi connectivity index (χ3v) is 3.03. The lowest BCUT2D eigenvalue weighted by Gasteiger charge is -2.32. The second-order valence-corrected chi connectivity index (χ2v) is 4.14. The van der Waals surface area contributed by atoms with Crippen molar-refractivity contribution in [3.8, 4) is 5.75 Å². The van der Waals surface area contributed by atoms with Crippen LogP contribution in [0.4, 0.5) is 5.69 Å². The SMILES string of the molecule is Cc1cc2c(cc1C)N(C)C(=O)C(CN)O2.